The Morgan fingerprint density at radius 2 is 1.83 bits per heavy atom. The standard InChI is InChI=1S/C18H19ClFNO3/c1-24-17(11-18(22)21-23)16(13-4-8-15(20)9-5-13)10-12-2-6-14(19)7-3-12/h2-9,16-17,23H,10-11H2,1H3,(H,21,22)/t16-,17-/m1/s1. The van der Waals surface area contributed by atoms with Crippen LogP contribution in [0, 0.1) is 5.82 Å². The first-order valence-electron chi connectivity index (χ1n) is 7.49. The molecule has 2 aromatic carbocycles. The monoisotopic (exact) mass is 351 g/mol. The first kappa shape index (κ1) is 18.4. The van der Waals surface area contributed by atoms with Gasteiger partial charge < -0.3 is 4.74 Å². The summed E-state index contributed by atoms with van der Waals surface area (Å²) in [6, 6.07) is 13.5. The Kier molecular flexibility index (Phi) is 6.73. The highest BCUT2D eigenvalue weighted by Crippen LogP contribution is 2.29. The number of rotatable bonds is 7. The molecule has 2 aromatic rings. The summed E-state index contributed by atoms with van der Waals surface area (Å²) >= 11 is 5.91. The van der Waals surface area contributed by atoms with Gasteiger partial charge in [-0.15, -0.1) is 0 Å². The zero-order valence-electron chi connectivity index (χ0n) is 13.2. The molecule has 2 N–H and O–H groups in total. The van der Waals surface area contributed by atoms with Crippen molar-refractivity contribution in [2.24, 2.45) is 0 Å². The molecule has 0 spiro atoms. The van der Waals surface area contributed by atoms with Crippen LogP contribution in [-0.4, -0.2) is 24.3 Å². The number of hydrogen-bond donors (Lipinski definition) is 2. The Hall–Kier alpha value is -1.95. The second-order valence-corrected chi connectivity index (χ2v) is 5.94. The SMILES string of the molecule is CO[C@H](CC(=O)NO)[C@H](Cc1ccc(Cl)cc1)c1ccc(F)cc1. The molecule has 0 saturated heterocycles. The zero-order valence-corrected chi connectivity index (χ0v) is 14.0. The van der Waals surface area contributed by atoms with Gasteiger partial charge in [0.05, 0.1) is 12.5 Å². The highest BCUT2D eigenvalue weighted by atomic mass is 35.5. The maximum atomic E-state index is 13.2. The third kappa shape index (κ3) is 5.03. The Balaban J connectivity index is 2.30. The van der Waals surface area contributed by atoms with Gasteiger partial charge in [0.15, 0.2) is 0 Å². The van der Waals surface area contributed by atoms with Crippen molar-refractivity contribution in [3.8, 4) is 0 Å². The molecule has 0 fully saturated rings. The number of carbonyl (C=O) groups is 1. The van der Waals surface area contributed by atoms with Gasteiger partial charge in [-0.3, -0.25) is 10.0 Å². The highest BCUT2D eigenvalue weighted by molar-refractivity contribution is 6.30. The average Bonchev–Trinajstić information content (AvgIpc) is 2.60. The summed E-state index contributed by atoms with van der Waals surface area (Å²) in [7, 11) is 1.51. The highest BCUT2D eigenvalue weighted by Gasteiger charge is 2.26. The molecule has 6 heteroatoms. The molecule has 4 nitrogen and oxygen atoms in total. The van der Waals surface area contributed by atoms with Gasteiger partial charge in [-0.05, 0) is 41.8 Å². The number of nitrogens with one attached hydrogen (secondary N) is 1. The molecule has 128 valence electrons. The smallest absolute Gasteiger partial charge is 0.245 e. The van der Waals surface area contributed by atoms with Crippen LogP contribution in [0.4, 0.5) is 4.39 Å². The van der Waals surface area contributed by atoms with Gasteiger partial charge >= 0.3 is 0 Å². The van der Waals surface area contributed by atoms with E-state index in [0.717, 1.165) is 11.1 Å². The Morgan fingerprint density at radius 3 is 2.38 bits per heavy atom. The van der Waals surface area contributed by atoms with Gasteiger partial charge in [-0.1, -0.05) is 35.9 Å². The van der Waals surface area contributed by atoms with Crippen LogP contribution in [0.25, 0.3) is 0 Å². The zero-order chi connectivity index (χ0) is 17.5. The molecule has 1 amide bonds. The van der Waals surface area contributed by atoms with Crippen molar-refractivity contribution < 1.29 is 19.1 Å². The molecular weight excluding hydrogens is 333 g/mol. The molecule has 24 heavy (non-hydrogen) atoms. The van der Waals surface area contributed by atoms with E-state index in [1.165, 1.54) is 19.2 Å². The predicted octanol–water partition coefficient (Wildman–Crippen LogP) is 3.72. The molecule has 0 radical (unpaired) electrons. The second kappa shape index (κ2) is 8.78. The molecule has 2 rings (SSSR count). The lowest BCUT2D eigenvalue weighted by Gasteiger charge is -2.26. The lowest BCUT2D eigenvalue weighted by molar-refractivity contribution is -0.132. The van der Waals surface area contributed by atoms with E-state index in [0.29, 0.717) is 11.4 Å². The summed E-state index contributed by atoms with van der Waals surface area (Å²) in [6.07, 6.45) is 0.0983. The number of methoxy groups -OCH3 is 1. The van der Waals surface area contributed by atoms with Crippen LogP contribution in [0.2, 0.25) is 5.02 Å². The largest absolute Gasteiger partial charge is 0.380 e. The van der Waals surface area contributed by atoms with E-state index in [2.05, 4.69) is 0 Å². The molecule has 0 aliphatic heterocycles. The maximum absolute atomic E-state index is 13.2. The van der Waals surface area contributed by atoms with Crippen LogP contribution < -0.4 is 5.48 Å². The second-order valence-electron chi connectivity index (χ2n) is 5.50. The van der Waals surface area contributed by atoms with Crippen LogP contribution in [-0.2, 0) is 16.0 Å². The van der Waals surface area contributed by atoms with Crippen molar-refractivity contribution >= 4 is 17.5 Å². The first-order valence-corrected chi connectivity index (χ1v) is 7.87. The fourth-order valence-corrected chi connectivity index (χ4v) is 2.79. The summed E-state index contributed by atoms with van der Waals surface area (Å²) in [5, 5.41) is 9.41. The molecule has 0 bridgehead atoms. The third-order valence-corrected chi connectivity index (χ3v) is 4.18. The van der Waals surface area contributed by atoms with Crippen molar-refractivity contribution in [1.82, 2.24) is 5.48 Å². The van der Waals surface area contributed by atoms with Gasteiger partial charge in [0, 0.05) is 18.1 Å². The number of amides is 1. The lowest BCUT2D eigenvalue weighted by Crippen LogP contribution is -2.31. The van der Waals surface area contributed by atoms with Crippen LogP contribution in [0.1, 0.15) is 23.5 Å². The third-order valence-electron chi connectivity index (χ3n) is 3.93. The van der Waals surface area contributed by atoms with Crippen molar-refractivity contribution in [3.63, 3.8) is 0 Å². The normalized spacial score (nSPS) is 13.3. The van der Waals surface area contributed by atoms with Crippen molar-refractivity contribution in [3.05, 3.63) is 70.5 Å². The van der Waals surface area contributed by atoms with Gasteiger partial charge in [0.2, 0.25) is 5.91 Å². The Labute approximate surface area is 145 Å². The van der Waals surface area contributed by atoms with E-state index >= 15 is 0 Å². The van der Waals surface area contributed by atoms with Crippen molar-refractivity contribution in [2.45, 2.75) is 24.9 Å². The Bertz CT molecular complexity index is 661. The van der Waals surface area contributed by atoms with Crippen LogP contribution in [0.15, 0.2) is 48.5 Å². The quantitative estimate of drug-likeness (QED) is 0.590. The molecule has 0 unspecified atom stereocenters. The fourth-order valence-electron chi connectivity index (χ4n) is 2.67. The minimum Gasteiger partial charge on any atom is -0.380 e. The van der Waals surface area contributed by atoms with E-state index < -0.39 is 12.0 Å². The minimum atomic E-state index is -0.537. The van der Waals surface area contributed by atoms with E-state index in [1.807, 2.05) is 12.1 Å². The fraction of sp³-hybridized carbons (Fsp3) is 0.278. The molecule has 2 atom stereocenters. The minimum absolute atomic E-state index is 0.0113. The molecular formula is C18H19ClFNO3. The maximum Gasteiger partial charge on any atom is 0.245 e. The molecule has 0 aromatic heterocycles. The summed E-state index contributed by atoms with van der Waals surface area (Å²) in [6.45, 7) is 0. The van der Waals surface area contributed by atoms with Gasteiger partial charge in [0.1, 0.15) is 5.82 Å². The van der Waals surface area contributed by atoms with Crippen LogP contribution in [0.5, 0.6) is 0 Å². The topological polar surface area (TPSA) is 58.6 Å². The lowest BCUT2D eigenvalue weighted by atomic mass is 9.85. The molecule has 0 aliphatic rings. The number of carbonyl (C=O) groups excluding carboxylic acids is 1. The van der Waals surface area contributed by atoms with E-state index in [4.69, 9.17) is 21.5 Å². The van der Waals surface area contributed by atoms with E-state index in [1.54, 1.807) is 29.7 Å². The van der Waals surface area contributed by atoms with Gasteiger partial charge in [-0.2, -0.15) is 0 Å². The van der Waals surface area contributed by atoms with Gasteiger partial charge in [0.25, 0.3) is 0 Å². The van der Waals surface area contributed by atoms with E-state index in [-0.39, 0.29) is 18.2 Å². The average molecular weight is 352 g/mol. The van der Waals surface area contributed by atoms with Crippen LogP contribution >= 0.6 is 11.6 Å². The Morgan fingerprint density at radius 1 is 1.21 bits per heavy atom. The van der Waals surface area contributed by atoms with Crippen molar-refractivity contribution in [2.75, 3.05) is 7.11 Å². The number of hydroxylamine groups is 1. The van der Waals surface area contributed by atoms with Gasteiger partial charge in [-0.25, -0.2) is 9.87 Å². The molecule has 0 aliphatic carbocycles. The number of benzene rings is 2. The molecule has 0 heterocycles. The first-order chi connectivity index (χ1) is 11.5. The number of hydrogen-bond acceptors (Lipinski definition) is 3. The summed E-state index contributed by atoms with van der Waals surface area (Å²) in [5.74, 6) is -1.05. The summed E-state index contributed by atoms with van der Waals surface area (Å²) in [4.78, 5) is 11.5. The van der Waals surface area contributed by atoms with E-state index in [9.17, 15) is 9.18 Å². The summed E-state index contributed by atoms with van der Waals surface area (Å²) in [5.41, 5.74) is 3.49. The summed E-state index contributed by atoms with van der Waals surface area (Å²) < 4.78 is 18.7. The number of halogens is 2. The van der Waals surface area contributed by atoms with Crippen molar-refractivity contribution in [1.29, 1.82) is 0 Å². The molecule has 0 saturated carbocycles. The predicted molar refractivity (Wildman–Crippen MR) is 89.6 cm³/mol. The van der Waals surface area contributed by atoms with Crippen LogP contribution in [0.3, 0.4) is 0 Å². The number of ether oxygens (including phenoxy) is 1.